The predicted octanol–water partition coefficient (Wildman–Crippen LogP) is 1.86. The van der Waals surface area contributed by atoms with E-state index in [0.717, 1.165) is 12.1 Å². The Morgan fingerprint density at radius 2 is 2.27 bits per heavy atom. The van der Waals surface area contributed by atoms with Gasteiger partial charge in [-0.15, -0.1) is 6.42 Å². The number of nitrogens with two attached hydrogens (primary N) is 1. The summed E-state index contributed by atoms with van der Waals surface area (Å²) in [7, 11) is 0. The smallest absolute Gasteiger partial charge is 0.146 e. The molecule has 15 heavy (non-hydrogen) atoms. The van der Waals surface area contributed by atoms with Gasteiger partial charge in [0.25, 0.3) is 0 Å². The normalized spacial score (nSPS) is 10.3. The maximum atomic E-state index is 13.1. The lowest BCUT2D eigenvalue weighted by molar-refractivity contribution is 0.316. The number of terminal acetylenes is 1. The van der Waals surface area contributed by atoms with Crippen LogP contribution >= 0.6 is 0 Å². The van der Waals surface area contributed by atoms with E-state index in [1.54, 1.807) is 6.07 Å². The van der Waals surface area contributed by atoms with Crippen LogP contribution in [-0.4, -0.2) is 18.0 Å². The number of anilines is 1. The lowest BCUT2D eigenvalue weighted by Crippen LogP contribution is -2.23. The third-order valence-corrected chi connectivity index (χ3v) is 2.30. The third kappa shape index (κ3) is 2.97. The summed E-state index contributed by atoms with van der Waals surface area (Å²) in [6, 6.07) is 4.83. The van der Waals surface area contributed by atoms with Gasteiger partial charge in [-0.1, -0.05) is 25.0 Å². The molecule has 3 heteroatoms. The van der Waals surface area contributed by atoms with Crippen molar-refractivity contribution in [3.05, 3.63) is 29.6 Å². The van der Waals surface area contributed by atoms with Crippen LogP contribution < -0.4 is 5.73 Å². The van der Waals surface area contributed by atoms with Gasteiger partial charge in [0, 0.05) is 6.54 Å². The SMILES string of the molecule is C#CCN(CC)Cc1cccc(F)c1N. The summed E-state index contributed by atoms with van der Waals surface area (Å²) in [6.45, 7) is 3.96. The molecule has 2 N–H and O–H groups in total. The van der Waals surface area contributed by atoms with Crippen molar-refractivity contribution in [2.24, 2.45) is 0 Å². The fourth-order valence-electron chi connectivity index (χ4n) is 1.37. The first-order chi connectivity index (χ1) is 7.19. The molecule has 1 aromatic rings. The number of benzene rings is 1. The summed E-state index contributed by atoms with van der Waals surface area (Å²) < 4.78 is 13.1. The maximum absolute atomic E-state index is 13.1. The van der Waals surface area contributed by atoms with E-state index < -0.39 is 0 Å². The molecule has 0 radical (unpaired) electrons. The lowest BCUT2D eigenvalue weighted by Gasteiger charge is -2.18. The number of hydrogen-bond donors (Lipinski definition) is 1. The molecule has 0 saturated heterocycles. The highest BCUT2D eigenvalue weighted by molar-refractivity contribution is 5.47. The van der Waals surface area contributed by atoms with E-state index >= 15 is 0 Å². The van der Waals surface area contributed by atoms with Crippen molar-refractivity contribution in [2.45, 2.75) is 13.5 Å². The van der Waals surface area contributed by atoms with Crippen molar-refractivity contribution in [2.75, 3.05) is 18.8 Å². The molecular formula is C12H15FN2. The van der Waals surface area contributed by atoms with Crippen LogP contribution in [0.3, 0.4) is 0 Å². The Bertz CT molecular complexity index is 368. The van der Waals surface area contributed by atoms with Crippen LogP contribution in [0.25, 0.3) is 0 Å². The van der Waals surface area contributed by atoms with Crippen LogP contribution in [0.4, 0.5) is 10.1 Å². The summed E-state index contributed by atoms with van der Waals surface area (Å²) >= 11 is 0. The standard InChI is InChI=1S/C12H15FN2/c1-3-8-15(4-2)9-10-6-5-7-11(13)12(10)14/h1,5-7H,4,8-9,14H2,2H3. The summed E-state index contributed by atoms with van der Waals surface area (Å²) in [4.78, 5) is 2.02. The molecule has 1 aromatic carbocycles. The van der Waals surface area contributed by atoms with Crippen molar-refractivity contribution in [1.82, 2.24) is 4.90 Å². The van der Waals surface area contributed by atoms with Gasteiger partial charge in [-0.25, -0.2) is 4.39 Å². The predicted molar refractivity (Wildman–Crippen MR) is 60.6 cm³/mol. The van der Waals surface area contributed by atoms with E-state index in [1.807, 2.05) is 17.9 Å². The summed E-state index contributed by atoms with van der Waals surface area (Å²) in [5.41, 5.74) is 6.63. The minimum Gasteiger partial charge on any atom is -0.396 e. The molecule has 2 nitrogen and oxygen atoms in total. The fraction of sp³-hybridized carbons (Fsp3) is 0.333. The van der Waals surface area contributed by atoms with Gasteiger partial charge < -0.3 is 5.73 Å². The maximum Gasteiger partial charge on any atom is 0.146 e. The molecule has 0 aliphatic heterocycles. The number of hydrogen-bond acceptors (Lipinski definition) is 2. The van der Waals surface area contributed by atoms with Crippen molar-refractivity contribution >= 4 is 5.69 Å². The summed E-state index contributed by atoms with van der Waals surface area (Å²) in [5, 5.41) is 0. The second kappa shape index (κ2) is 5.38. The third-order valence-electron chi connectivity index (χ3n) is 2.30. The first-order valence-corrected chi connectivity index (χ1v) is 4.87. The molecule has 0 amide bonds. The number of halogens is 1. The minimum atomic E-state index is -0.371. The highest BCUT2D eigenvalue weighted by Gasteiger charge is 2.07. The molecule has 0 fully saturated rings. The Labute approximate surface area is 89.9 Å². The van der Waals surface area contributed by atoms with Gasteiger partial charge in [0.05, 0.1) is 12.2 Å². The van der Waals surface area contributed by atoms with E-state index in [4.69, 9.17) is 12.2 Å². The average Bonchev–Trinajstić information content (AvgIpc) is 2.24. The van der Waals surface area contributed by atoms with E-state index in [-0.39, 0.29) is 11.5 Å². The number of rotatable bonds is 4. The van der Waals surface area contributed by atoms with Gasteiger partial charge >= 0.3 is 0 Å². The van der Waals surface area contributed by atoms with Gasteiger partial charge in [-0.2, -0.15) is 0 Å². The fourth-order valence-corrected chi connectivity index (χ4v) is 1.37. The van der Waals surface area contributed by atoms with Crippen LogP contribution in [0.1, 0.15) is 12.5 Å². The zero-order chi connectivity index (χ0) is 11.3. The van der Waals surface area contributed by atoms with Crippen molar-refractivity contribution in [1.29, 1.82) is 0 Å². The Hall–Kier alpha value is -1.53. The summed E-state index contributed by atoms with van der Waals surface area (Å²) in [6.07, 6.45) is 5.23. The number of para-hydroxylation sites is 1. The van der Waals surface area contributed by atoms with Gasteiger partial charge in [-0.05, 0) is 18.2 Å². The van der Waals surface area contributed by atoms with Crippen molar-refractivity contribution < 1.29 is 4.39 Å². The molecule has 0 aromatic heterocycles. The van der Waals surface area contributed by atoms with Crippen molar-refractivity contribution in [3.63, 3.8) is 0 Å². The largest absolute Gasteiger partial charge is 0.396 e. The van der Waals surface area contributed by atoms with E-state index in [2.05, 4.69) is 5.92 Å². The highest BCUT2D eigenvalue weighted by atomic mass is 19.1. The molecule has 80 valence electrons. The van der Waals surface area contributed by atoms with E-state index in [9.17, 15) is 4.39 Å². The molecule has 1 rings (SSSR count). The molecule has 0 bridgehead atoms. The molecule has 0 saturated carbocycles. The zero-order valence-electron chi connectivity index (χ0n) is 8.83. The zero-order valence-corrected chi connectivity index (χ0v) is 8.83. The first kappa shape index (κ1) is 11.5. The van der Waals surface area contributed by atoms with E-state index in [0.29, 0.717) is 13.1 Å². The second-order valence-electron chi connectivity index (χ2n) is 3.32. The van der Waals surface area contributed by atoms with Crippen LogP contribution in [-0.2, 0) is 6.54 Å². The van der Waals surface area contributed by atoms with Crippen LogP contribution in [0.5, 0.6) is 0 Å². The Morgan fingerprint density at radius 3 is 2.87 bits per heavy atom. The lowest BCUT2D eigenvalue weighted by atomic mass is 10.1. The highest BCUT2D eigenvalue weighted by Crippen LogP contribution is 2.17. The van der Waals surface area contributed by atoms with Gasteiger partial charge in [0.1, 0.15) is 5.82 Å². The summed E-state index contributed by atoms with van der Waals surface area (Å²) in [5.74, 6) is 2.19. The quantitative estimate of drug-likeness (QED) is 0.602. The average molecular weight is 206 g/mol. The molecule has 0 spiro atoms. The van der Waals surface area contributed by atoms with Crippen LogP contribution in [0, 0.1) is 18.2 Å². The molecule has 0 heterocycles. The van der Waals surface area contributed by atoms with Gasteiger partial charge in [0.2, 0.25) is 0 Å². The first-order valence-electron chi connectivity index (χ1n) is 4.87. The molecular weight excluding hydrogens is 191 g/mol. The topological polar surface area (TPSA) is 29.3 Å². The monoisotopic (exact) mass is 206 g/mol. The van der Waals surface area contributed by atoms with Gasteiger partial charge in [-0.3, -0.25) is 4.90 Å². The van der Waals surface area contributed by atoms with Crippen LogP contribution in [0.15, 0.2) is 18.2 Å². The minimum absolute atomic E-state index is 0.216. The van der Waals surface area contributed by atoms with Gasteiger partial charge in [0.15, 0.2) is 0 Å². The second-order valence-corrected chi connectivity index (χ2v) is 3.32. The molecule has 0 aliphatic rings. The van der Waals surface area contributed by atoms with Crippen LogP contribution in [0.2, 0.25) is 0 Å². The Morgan fingerprint density at radius 1 is 1.53 bits per heavy atom. The molecule has 0 unspecified atom stereocenters. The number of nitrogens with zero attached hydrogens (tertiary/aromatic N) is 1. The Balaban J connectivity index is 2.80. The number of nitrogen functional groups attached to an aromatic ring is 1. The molecule has 0 aliphatic carbocycles. The van der Waals surface area contributed by atoms with Crippen molar-refractivity contribution in [3.8, 4) is 12.3 Å². The molecule has 0 atom stereocenters. The van der Waals surface area contributed by atoms with E-state index in [1.165, 1.54) is 6.07 Å². The Kier molecular flexibility index (Phi) is 4.14.